The summed E-state index contributed by atoms with van der Waals surface area (Å²) in [6, 6.07) is 10.6. The summed E-state index contributed by atoms with van der Waals surface area (Å²) in [6.45, 7) is 1.09. The van der Waals surface area contributed by atoms with E-state index in [1.165, 1.54) is 17.7 Å². The Bertz CT molecular complexity index is 1070. The van der Waals surface area contributed by atoms with Gasteiger partial charge in [-0.25, -0.2) is 9.97 Å². The van der Waals surface area contributed by atoms with Crippen LogP contribution in [0.3, 0.4) is 0 Å². The number of anilines is 3. The molecular weight excluding hydrogens is 344 g/mol. The highest BCUT2D eigenvalue weighted by molar-refractivity contribution is 7.13. The number of nitrogens with zero attached hydrogens (tertiary/aromatic N) is 4. The summed E-state index contributed by atoms with van der Waals surface area (Å²) in [5.41, 5.74) is 5.33. The van der Waals surface area contributed by atoms with Gasteiger partial charge in [-0.2, -0.15) is 5.10 Å². The van der Waals surface area contributed by atoms with E-state index < -0.39 is 0 Å². The average molecular weight is 362 g/mol. The summed E-state index contributed by atoms with van der Waals surface area (Å²) >= 11 is 1.63. The van der Waals surface area contributed by atoms with E-state index in [1.54, 1.807) is 17.5 Å². The normalized spacial score (nSPS) is 13.8. The van der Waals surface area contributed by atoms with Crippen molar-refractivity contribution < 1.29 is 0 Å². The van der Waals surface area contributed by atoms with Crippen molar-refractivity contribution in [2.24, 2.45) is 0 Å². The summed E-state index contributed by atoms with van der Waals surface area (Å²) in [7, 11) is 2.15. The number of thiophene rings is 1. The highest BCUT2D eigenvalue weighted by Crippen LogP contribution is 2.32. The van der Waals surface area contributed by atoms with Crippen LogP contribution in [0.15, 0.2) is 41.9 Å². The number of aryl methyl sites for hydroxylation is 1. The Morgan fingerprint density at radius 2 is 2.19 bits per heavy atom. The molecule has 5 rings (SSSR count). The maximum absolute atomic E-state index is 4.75. The van der Waals surface area contributed by atoms with Gasteiger partial charge in [-0.05, 0) is 42.0 Å². The van der Waals surface area contributed by atoms with Crippen molar-refractivity contribution in [1.82, 2.24) is 20.2 Å². The van der Waals surface area contributed by atoms with Crippen molar-refractivity contribution in [1.29, 1.82) is 0 Å². The minimum atomic E-state index is 0.714. The number of fused-ring (bicyclic) bond motifs is 2. The molecule has 0 saturated carbocycles. The molecule has 4 aromatic rings. The van der Waals surface area contributed by atoms with E-state index in [0.29, 0.717) is 5.82 Å². The van der Waals surface area contributed by atoms with Crippen LogP contribution < -0.4 is 10.2 Å². The smallest absolute Gasteiger partial charge is 0.172 e. The first-order valence-corrected chi connectivity index (χ1v) is 9.52. The molecule has 4 heterocycles. The fourth-order valence-corrected chi connectivity index (χ4v) is 4.08. The lowest BCUT2D eigenvalue weighted by Crippen LogP contribution is -2.24. The summed E-state index contributed by atoms with van der Waals surface area (Å²) in [5, 5.41) is 12.6. The summed E-state index contributed by atoms with van der Waals surface area (Å²) in [5.74, 6) is 1.46. The third kappa shape index (κ3) is 2.61. The van der Waals surface area contributed by atoms with Crippen molar-refractivity contribution in [2.75, 3.05) is 23.8 Å². The summed E-state index contributed by atoms with van der Waals surface area (Å²) in [4.78, 5) is 12.7. The van der Waals surface area contributed by atoms with Gasteiger partial charge in [0.2, 0.25) is 0 Å². The molecule has 0 amide bonds. The van der Waals surface area contributed by atoms with Crippen molar-refractivity contribution in [2.45, 2.75) is 12.8 Å². The van der Waals surface area contributed by atoms with Crippen LogP contribution in [0.25, 0.3) is 21.7 Å². The quantitative estimate of drug-likeness (QED) is 0.571. The molecule has 130 valence electrons. The van der Waals surface area contributed by atoms with Gasteiger partial charge < -0.3 is 10.2 Å². The lowest BCUT2D eigenvalue weighted by Gasteiger charge is -2.28. The Labute approximate surface area is 154 Å². The lowest BCUT2D eigenvalue weighted by molar-refractivity contribution is 0.745. The third-order valence-corrected chi connectivity index (χ3v) is 5.61. The van der Waals surface area contributed by atoms with Gasteiger partial charge in [0.1, 0.15) is 11.0 Å². The average Bonchev–Trinajstić information content (AvgIpc) is 3.34. The molecule has 0 saturated heterocycles. The van der Waals surface area contributed by atoms with E-state index in [2.05, 4.69) is 50.6 Å². The highest BCUT2D eigenvalue weighted by Gasteiger charge is 2.16. The number of aromatic nitrogens is 4. The van der Waals surface area contributed by atoms with E-state index in [1.807, 2.05) is 17.5 Å². The molecule has 1 aliphatic rings. The van der Waals surface area contributed by atoms with Crippen LogP contribution >= 0.6 is 11.3 Å². The Morgan fingerprint density at radius 3 is 3.08 bits per heavy atom. The van der Waals surface area contributed by atoms with E-state index in [0.717, 1.165) is 40.4 Å². The summed E-state index contributed by atoms with van der Waals surface area (Å²) in [6.07, 6.45) is 4.09. The van der Waals surface area contributed by atoms with Crippen LogP contribution in [-0.4, -0.2) is 33.8 Å². The van der Waals surface area contributed by atoms with Gasteiger partial charge >= 0.3 is 0 Å². The molecule has 7 heteroatoms. The number of rotatable bonds is 3. The summed E-state index contributed by atoms with van der Waals surface area (Å²) < 4.78 is 0. The van der Waals surface area contributed by atoms with E-state index in [4.69, 9.17) is 4.98 Å². The van der Waals surface area contributed by atoms with Crippen LogP contribution in [0, 0.1) is 0 Å². The Hall–Kier alpha value is -2.93. The lowest BCUT2D eigenvalue weighted by atomic mass is 10.0. The SMILES string of the molecule is CN1CCCc2ccc(Nc3nc(-c4cccs4)nc4cn[nH]c34)cc21. The second-order valence-corrected chi connectivity index (χ2v) is 7.44. The first kappa shape index (κ1) is 15.3. The van der Waals surface area contributed by atoms with Gasteiger partial charge in [0.05, 0.1) is 11.1 Å². The van der Waals surface area contributed by atoms with Crippen LogP contribution in [0.2, 0.25) is 0 Å². The zero-order chi connectivity index (χ0) is 17.5. The Balaban J connectivity index is 1.57. The molecule has 0 atom stereocenters. The van der Waals surface area contributed by atoms with Gasteiger partial charge in [-0.15, -0.1) is 11.3 Å². The molecule has 1 aliphatic heterocycles. The zero-order valence-corrected chi connectivity index (χ0v) is 15.2. The maximum Gasteiger partial charge on any atom is 0.172 e. The first-order chi connectivity index (χ1) is 12.8. The first-order valence-electron chi connectivity index (χ1n) is 8.64. The van der Waals surface area contributed by atoms with Gasteiger partial charge in [0.25, 0.3) is 0 Å². The molecule has 6 nitrogen and oxygen atoms in total. The molecule has 0 radical (unpaired) electrons. The molecule has 2 N–H and O–H groups in total. The molecule has 3 aromatic heterocycles. The standard InChI is InChI=1S/C19H18N6S/c1-25-8-2-4-12-6-7-13(10-15(12)25)21-19-17-14(11-20-24-17)22-18(23-19)16-5-3-9-26-16/h3,5-7,9-11H,2,4,8H2,1H3,(H,20,24)(H,21,22,23). The molecular formula is C19H18N6S. The number of hydrogen-bond donors (Lipinski definition) is 2. The predicted octanol–water partition coefficient (Wildman–Crippen LogP) is 4.21. The van der Waals surface area contributed by atoms with Crippen LogP contribution in [0.5, 0.6) is 0 Å². The Kier molecular flexibility index (Phi) is 3.60. The number of hydrogen-bond acceptors (Lipinski definition) is 6. The molecule has 0 unspecified atom stereocenters. The fraction of sp³-hybridized carbons (Fsp3) is 0.211. The number of H-pyrrole nitrogens is 1. The fourth-order valence-electron chi connectivity index (χ4n) is 3.42. The Morgan fingerprint density at radius 1 is 1.23 bits per heavy atom. The second-order valence-electron chi connectivity index (χ2n) is 6.50. The monoisotopic (exact) mass is 362 g/mol. The largest absolute Gasteiger partial charge is 0.374 e. The third-order valence-electron chi connectivity index (χ3n) is 4.74. The van der Waals surface area contributed by atoms with Gasteiger partial charge in [-0.1, -0.05) is 12.1 Å². The number of nitrogens with one attached hydrogen (secondary N) is 2. The van der Waals surface area contributed by atoms with Crippen LogP contribution in [-0.2, 0) is 6.42 Å². The topological polar surface area (TPSA) is 69.7 Å². The molecule has 1 aromatic carbocycles. The minimum absolute atomic E-state index is 0.714. The van der Waals surface area contributed by atoms with Crippen molar-refractivity contribution in [3.05, 3.63) is 47.5 Å². The van der Waals surface area contributed by atoms with Gasteiger partial charge in [0, 0.05) is 25.0 Å². The van der Waals surface area contributed by atoms with Gasteiger partial charge in [0.15, 0.2) is 11.6 Å². The predicted molar refractivity (Wildman–Crippen MR) is 106 cm³/mol. The zero-order valence-electron chi connectivity index (χ0n) is 14.4. The maximum atomic E-state index is 4.75. The van der Waals surface area contributed by atoms with Crippen LogP contribution in [0.1, 0.15) is 12.0 Å². The minimum Gasteiger partial charge on any atom is -0.374 e. The molecule has 0 aliphatic carbocycles. The van der Waals surface area contributed by atoms with E-state index in [-0.39, 0.29) is 0 Å². The molecule has 26 heavy (non-hydrogen) atoms. The highest BCUT2D eigenvalue weighted by atomic mass is 32.1. The molecule has 0 spiro atoms. The van der Waals surface area contributed by atoms with Crippen molar-refractivity contribution in [3.63, 3.8) is 0 Å². The molecule has 0 fully saturated rings. The number of aromatic amines is 1. The van der Waals surface area contributed by atoms with Gasteiger partial charge in [-0.3, -0.25) is 5.10 Å². The van der Waals surface area contributed by atoms with Crippen molar-refractivity contribution in [3.8, 4) is 10.7 Å². The second kappa shape index (κ2) is 6.10. The van der Waals surface area contributed by atoms with E-state index in [9.17, 15) is 0 Å². The number of benzene rings is 1. The van der Waals surface area contributed by atoms with Crippen LogP contribution in [0.4, 0.5) is 17.2 Å². The van der Waals surface area contributed by atoms with E-state index >= 15 is 0 Å². The molecule has 0 bridgehead atoms. The van der Waals surface area contributed by atoms with Crippen molar-refractivity contribution >= 4 is 39.6 Å².